The second kappa shape index (κ2) is 5.06. The van der Waals surface area contributed by atoms with Crippen LogP contribution in [0.5, 0.6) is 0 Å². The minimum atomic E-state index is -0.403. The summed E-state index contributed by atoms with van der Waals surface area (Å²) >= 11 is 2.21. The number of amides is 1. The molecule has 0 fully saturated rings. The summed E-state index contributed by atoms with van der Waals surface area (Å²) < 4.78 is 6.00. The summed E-state index contributed by atoms with van der Waals surface area (Å²) in [5, 5.41) is 2.39. The highest BCUT2D eigenvalue weighted by molar-refractivity contribution is 14.1. The third-order valence-electron chi connectivity index (χ3n) is 1.52. The second-order valence-corrected chi connectivity index (χ2v) is 3.58. The van der Waals surface area contributed by atoms with Crippen molar-refractivity contribution in [3.8, 4) is 0 Å². The van der Waals surface area contributed by atoms with Crippen molar-refractivity contribution in [2.24, 2.45) is 0 Å². The molecule has 0 aliphatic heterocycles. The van der Waals surface area contributed by atoms with E-state index in [1.54, 1.807) is 0 Å². The van der Waals surface area contributed by atoms with Crippen LogP contribution in [0.25, 0.3) is 0 Å². The predicted molar refractivity (Wildman–Crippen MR) is 58.4 cm³/mol. The molecule has 1 aromatic rings. The fraction of sp³-hybridized carbons (Fsp3) is 0.222. The van der Waals surface area contributed by atoms with Crippen LogP contribution in [0, 0.1) is 3.57 Å². The van der Waals surface area contributed by atoms with Crippen molar-refractivity contribution in [2.45, 2.75) is 6.61 Å². The maximum atomic E-state index is 10.8. The maximum absolute atomic E-state index is 10.8. The van der Waals surface area contributed by atoms with Crippen LogP contribution in [0.4, 0.5) is 4.79 Å². The molecule has 1 N–H and O–H groups in total. The van der Waals surface area contributed by atoms with E-state index in [1.165, 1.54) is 7.05 Å². The van der Waals surface area contributed by atoms with Crippen LogP contribution in [-0.2, 0) is 11.3 Å². The summed E-state index contributed by atoms with van der Waals surface area (Å²) in [7, 11) is 1.54. The zero-order valence-electron chi connectivity index (χ0n) is 7.21. The number of carbonyl (C=O) groups is 1. The molecule has 0 saturated carbocycles. The summed E-state index contributed by atoms with van der Waals surface area (Å²) in [5.74, 6) is 0. The number of rotatable bonds is 2. The molecule has 13 heavy (non-hydrogen) atoms. The Bertz CT molecular complexity index is 301. The van der Waals surface area contributed by atoms with Gasteiger partial charge in [-0.2, -0.15) is 0 Å². The van der Waals surface area contributed by atoms with Crippen LogP contribution < -0.4 is 5.32 Å². The SMILES string of the molecule is CNC(=O)OCc1ccccc1I. The van der Waals surface area contributed by atoms with E-state index >= 15 is 0 Å². The Morgan fingerprint density at radius 2 is 2.23 bits per heavy atom. The first-order valence-electron chi connectivity index (χ1n) is 3.82. The fourth-order valence-corrected chi connectivity index (χ4v) is 1.37. The van der Waals surface area contributed by atoms with Gasteiger partial charge in [0.15, 0.2) is 0 Å². The molecule has 0 radical (unpaired) electrons. The van der Waals surface area contributed by atoms with Crippen molar-refractivity contribution in [3.05, 3.63) is 33.4 Å². The van der Waals surface area contributed by atoms with Gasteiger partial charge < -0.3 is 10.1 Å². The lowest BCUT2D eigenvalue weighted by Crippen LogP contribution is -2.19. The van der Waals surface area contributed by atoms with Gasteiger partial charge in [0.2, 0.25) is 0 Å². The third-order valence-corrected chi connectivity index (χ3v) is 2.57. The summed E-state index contributed by atoms with van der Waals surface area (Å²) in [6.07, 6.45) is -0.403. The molecule has 1 rings (SSSR count). The predicted octanol–water partition coefficient (Wildman–Crippen LogP) is 2.15. The van der Waals surface area contributed by atoms with E-state index in [4.69, 9.17) is 4.74 Å². The molecule has 0 bridgehead atoms. The monoisotopic (exact) mass is 291 g/mol. The van der Waals surface area contributed by atoms with E-state index in [2.05, 4.69) is 27.9 Å². The number of alkyl carbamates (subject to hydrolysis) is 1. The van der Waals surface area contributed by atoms with Crippen molar-refractivity contribution in [1.29, 1.82) is 0 Å². The Kier molecular flexibility index (Phi) is 4.01. The number of nitrogens with one attached hydrogen (secondary N) is 1. The average molecular weight is 291 g/mol. The largest absolute Gasteiger partial charge is 0.445 e. The van der Waals surface area contributed by atoms with Gasteiger partial charge in [-0.1, -0.05) is 18.2 Å². The Balaban J connectivity index is 2.54. The molecule has 3 nitrogen and oxygen atoms in total. The molecule has 0 aromatic heterocycles. The summed E-state index contributed by atoms with van der Waals surface area (Å²) in [6, 6.07) is 7.78. The van der Waals surface area contributed by atoms with E-state index < -0.39 is 6.09 Å². The van der Waals surface area contributed by atoms with Gasteiger partial charge in [0, 0.05) is 16.2 Å². The van der Waals surface area contributed by atoms with Gasteiger partial charge in [0.05, 0.1) is 0 Å². The minimum Gasteiger partial charge on any atom is -0.445 e. The van der Waals surface area contributed by atoms with Crippen LogP contribution in [0.3, 0.4) is 0 Å². The third kappa shape index (κ3) is 3.22. The molecule has 0 aliphatic carbocycles. The maximum Gasteiger partial charge on any atom is 0.407 e. The van der Waals surface area contributed by atoms with E-state index in [0.29, 0.717) is 6.61 Å². The first-order chi connectivity index (χ1) is 6.24. The molecule has 1 aromatic carbocycles. The lowest BCUT2D eigenvalue weighted by atomic mass is 10.2. The number of hydrogen-bond acceptors (Lipinski definition) is 2. The average Bonchev–Trinajstić information content (AvgIpc) is 2.16. The number of hydrogen-bond donors (Lipinski definition) is 1. The molecule has 70 valence electrons. The molecule has 0 unspecified atom stereocenters. The number of carbonyl (C=O) groups excluding carboxylic acids is 1. The molecule has 0 heterocycles. The van der Waals surface area contributed by atoms with Crippen LogP contribution in [0.1, 0.15) is 5.56 Å². The van der Waals surface area contributed by atoms with Crippen LogP contribution in [0.15, 0.2) is 24.3 Å². The van der Waals surface area contributed by atoms with Crippen molar-refractivity contribution >= 4 is 28.7 Å². The van der Waals surface area contributed by atoms with Crippen molar-refractivity contribution in [3.63, 3.8) is 0 Å². The highest BCUT2D eigenvalue weighted by Gasteiger charge is 2.01. The smallest absolute Gasteiger partial charge is 0.407 e. The van der Waals surface area contributed by atoms with E-state index in [9.17, 15) is 4.79 Å². The molecule has 0 spiro atoms. The Morgan fingerprint density at radius 1 is 1.54 bits per heavy atom. The molecule has 4 heteroatoms. The Labute approximate surface area is 90.6 Å². The Morgan fingerprint density at radius 3 is 2.85 bits per heavy atom. The highest BCUT2D eigenvalue weighted by atomic mass is 127. The number of ether oxygens (including phenoxy) is 1. The van der Waals surface area contributed by atoms with Gasteiger partial charge >= 0.3 is 6.09 Å². The topological polar surface area (TPSA) is 38.3 Å². The van der Waals surface area contributed by atoms with Crippen LogP contribution in [0.2, 0.25) is 0 Å². The van der Waals surface area contributed by atoms with Gasteiger partial charge in [0.1, 0.15) is 6.61 Å². The minimum absolute atomic E-state index is 0.318. The van der Waals surface area contributed by atoms with Crippen molar-refractivity contribution in [2.75, 3.05) is 7.05 Å². The fourth-order valence-electron chi connectivity index (χ4n) is 0.831. The van der Waals surface area contributed by atoms with E-state index in [-0.39, 0.29) is 0 Å². The second-order valence-electron chi connectivity index (χ2n) is 2.42. The molecule has 0 saturated heterocycles. The molecule has 0 aliphatic rings. The number of benzene rings is 1. The summed E-state index contributed by atoms with van der Waals surface area (Å²) in [5.41, 5.74) is 1.02. The van der Waals surface area contributed by atoms with E-state index in [1.807, 2.05) is 24.3 Å². The summed E-state index contributed by atoms with van der Waals surface area (Å²) in [4.78, 5) is 10.8. The Hall–Kier alpha value is -0.780. The number of halogens is 1. The standard InChI is InChI=1S/C9H10INO2/c1-11-9(12)13-6-7-4-2-3-5-8(7)10/h2-5H,6H2,1H3,(H,11,12). The van der Waals surface area contributed by atoms with Crippen molar-refractivity contribution in [1.82, 2.24) is 5.32 Å². The first kappa shape index (κ1) is 10.3. The quantitative estimate of drug-likeness (QED) is 0.848. The van der Waals surface area contributed by atoms with Crippen molar-refractivity contribution < 1.29 is 9.53 Å². The van der Waals surface area contributed by atoms with Gasteiger partial charge in [-0.15, -0.1) is 0 Å². The molecule has 1 amide bonds. The lowest BCUT2D eigenvalue weighted by Gasteiger charge is -2.05. The van der Waals surface area contributed by atoms with Gasteiger partial charge in [0.25, 0.3) is 0 Å². The highest BCUT2D eigenvalue weighted by Crippen LogP contribution is 2.12. The molecular formula is C9H10INO2. The van der Waals surface area contributed by atoms with Crippen LogP contribution >= 0.6 is 22.6 Å². The van der Waals surface area contributed by atoms with Gasteiger partial charge in [-0.25, -0.2) is 4.79 Å². The molecular weight excluding hydrogens is 281 g/mol. The van der Waals surface area contributed by atoms with Crippen LogP contribution in [-0.4, -0.2) is 13.1 Å². The zero-order chi connectivity index (χ0) is 9.68. The van der Waals surface area contributed by atoms with E-state index in [0.717, 1.165) is 9.13 Å². The summed E-state index contributed by atoms with van der Waals surface area (Å²) in [6.45, 7) is 0.318. The normalized spacial score (nSPS) is 9.38. The first-order valence-corrected chi connectivity index (χ1v) is 4.90. The zero-order valence-corrected chi connectivity index (χ0v) is 9.37. The van der Waals surface area contributed by atoms with Gasteiger partial charge in [-0.05, 0) is 28.7 Å². The van der Waals surface area contributed by atoms with Gasteiger partial charge in [-0.3, -0.25) is 0 Å². The lowest BCUT2D eigenvalue weighted by molar-refractivity contribution is 0.141. The molecule has 0 atom stereocenters.